The van der Waals surface area contributed by atoms with Gasteiger partial charge in [0.1, 0.15) is 5.82 Å². The highest BCUT2D eigenvalue weighted by Gasteiger charge is 2.15. The monoisotopic (exact) mass is 344 g/mol. The van der Waals surface area contributed by atoms with Gasteiger partial charge in [0.25, 0.3) is 0 Å². The fraction of sp³-hybridized carbons (Fsp3) is 0.333. The average Bonchev–Trinajstić information content (AvgIpc) is 2.59. The van der Waals surface area contributed by atoms with E-state index < -0.39 is 0 Å². The number of hydrogen-bond acceptors (Lipinski definition) is 7. The maximum Gasteiger partial charge on any atom is 0.222 e. The van der Waals surface area contributed by atoms with E-state index in [1.807, 2.05) is 31.2 Å². The van der Waals surface area contributed by atoms with Crippen molar-refractivity contribution in [1.82, 2.24) is 9.97 Å². The highest BCUT2D eigenvalue weighted by atomic mass is 16.5. The molecule has 1 aromatic heterocycles. The normalized spacial score (nSPS) is 12.2. The molecule has 0 spiro atoms. The van der Waals surface area contributed by atoms with Crippen molar-refractivity contribution in [3.63, 3.8) is 0 Å². The van der Waals surface area contributed by atoms with Gasteiger partial charge in [0.15, 0.2) is 11.5 Å². The summed E-state index contributed by atoms with van der Waals surface area (Å²) in [7, 11) is 4.77. The molecule has 2 aromatic rings. The van der Waals surface area contributed by atoms with E-state index in [0.717, 1.165) is 16.8 Å². The SMILES string of the molecule is COc1cc([C@H](C)C=Cc2c(C)nc(N)nc2N)cc(OC)c1OC. The van der Waals surface area contributed by atoms with Crippen LogP contribution >= 0.6 is 0 Å². The minimum atomic E-state index is 0.0741. The van der Waals surface area contributed by atoms with Gasteiger partial charge in [-0.3, -0.25) is 0 Å². The highest BCUT2D eigenvalue weighted by Crippen LogP contribution is 2.40. The standard InChI is InChI=1S/C18H24N4O3/c1-10(6-7-13-11(2)21-18(20)22-17(13)19)12-8-14(23-3)16(25-5)15(9-12)24-4/h6-10H,1-5H3,(H4,19,20,21,22)/t10-/m1/s1. The van der Waals surface area contributed by atoms with E-state index in [2.05, 4.69) is 16.9 Å². The van der Waals surface area contributed by atoms with E-state index >= 15 is 0 Å². The summed E-state index contributed by atoms with van der Waals surface area (Å²) < 4.78 is 16.2. The van der Waals surface area contributed by atoms with Crippen LogP contribution in [0.3, 0.4) is 0 Å². The number of nitrogen functional groups attached to an aromatic ring is 2. The van der Waals surface area contributed by atoms with Crippen molar-refractivity contribution < 1.29 is 14.2 Å². The maximum absolute atomic E-state index is 5.94. The Kier molecular flexibility index (Phi) is 5.69. The topological polar surface area (TPSA) is 106 Å². The number of aromatic nitrogens is 2. The van der Waals surface area contributed by atoms with Crippen LogP contribution in [0.5, 0.6) is 17.2 Å². The molecule has 1 atom stereocenters. The number of nitrogens with two attached hydrogens (primary N) is 2. The zero-order chi connectivity index (χ0) is 18.6. The molecular formula is C18H24N4O3. The number of hydrogen-bond donors (Lipinski definition) is 2. The quantitative estimate of drug-likeness (QED) is 0.830. The van der Waals surface area contributed by atoms with Gasteiger partial charge in [-0.05, 0) is 30.5 Å². The lowest BCUT2D eigenvalue weighted by molar-refractivity contribution is 0.323. The molecule has 0 bridgehead atoms. The molecule has 0 aliphatic heterocycles. The third kappa shape index (κ3) is 3.93. The van der Waals surface area contributed by atoms with Crippen molar-refractivity contribution >= 4 is 17.8 Å². The van der Waals surface area contributed by atoms with Gasteiger partial charge < -0.3 is 25.7 Å². The fourth-order valence-corrected chi connectivity index (χ4v) is 2.55. The molecule has 2 rings (SSSR count). The van der Waals surface area contributed by atoms with Gasteiger partial charge in [0.2, 0.25) is 11.7 Å². The van der Waals surface area contributed by atoms with Crippen LogP contribution in [0.4, 0.5) is 11.8 Å². The third-order valence-electron chi connectivity index (χ3n) is 3.95. The van der Waals surface area contributed by atoms with Gasteiger partial charge in [-0.15, -0.1) is 0 Å². The van der Waals surface area contributed by atoms with Gasteiger partial charge in [-0.25, -0.2) is 4.98 Å². The molecule has 0 saturated heterocycles. The zero-order valence-corrected chi connectivity index (χ0v) is 15.2. The zero-order valence-electron chi connectivity index (χ0n) is 15.2. The summed E-state index contributed by atoms with van der Waals surface area (Å²) in [6.07, 6.45) is 3.91. The first-order valence-electron chi connectivity index (χ1n) is 7.78. The average molecular weight is 344 g/mol. The largest absolute Gasteiger partial charge is 0.493 e. The number of benzene rings is 1. The summed E-state index contributed by atoms with van der Waals surface area (Å²) in [5.41, 5.74) is 14.0. The predicted octanol–water partition coefficient (Wildman–Crippen LogP) is 2.79. The molecule has 0 aliphatic carbocycles. The van der Waals surface area contributed by atoms with Crippen LogP contribution in [0.2, 0.25) is 0 Å². The van der Waals surface area contributed by atoms with Gasteiger partial charge in [-0.2, -0.15) is 4.98 Å². The summed E-state index contributed by atoms with van der Waals surface area (Å²) in [4.78, 5) is 8.14. The minimum absolute atomic E-state index is 0.0741. The van der Waals surface area contributed by atoms with Crippen LogP contribution < -0.4 is 25.7 Å². The summed E-state index contributed by atoms with van der Waals surface area (Å²) in [5, 5.41) is 0. The molecule has 1 heterocycles. The molecule has 0 saturated carbocycles. The van der Waals surface area contributed by atoms with Crippen molar-refractivity contribution in [1.29, 1.82) is 0 Å². The van der Waals surface area contributed by atoms with E-state index in [1.54, 1.807) is 21.3 Å². The van der Waals surface area contributed by atoms with Crippen molar-refractivity contribution in [2.24, 2.45) is 0 Å². The summed E-state index contributed by atoms with van der Waals surface area (Å²) >= 11 is 0. The summed E-state index contributed by atoms with van der Waals surface area (Å²) in [5.74, 6) is 2.40. The second-order valence-electron chi connectivity index (χ2n) is 5.57. The highest BCUT2D eigenvalue weighted by molar-refractivity contribution is 5.65. The van der Waals surface area contributed by atoms with Crippen LogP contribution in [-0.4, -0.2) is 31.3 Å². The van der Waals surface area contributed by atoms with E-state index in [0.29, 0.717) is 23.1 Å². The number of rotatable bonds is 6. The number of methoxy groups -OCH3 is 3. The Balaban J connectivity index is 2.37. The van der Waals surface area contributed by atoms with Gasteiger partial charge in [0.05, 0.1) is 27.0 Å². The molecular weight excluding hydrogens is 320 g/mol. The number of anilines is 2. The molecule has 0 radical (unpaired) electrons. The number of allylic oxidation sites excluding steroid dienone is 1. The van der Waals surface area contributed by atoms with E-state index in [4.69, 9.17) is 25.7 Å². The molecule has 0 aliphatic rings. The Morgan fingerprint density at radius 2 is 1.60 bits per heavy atom. The lowest BCUT2D eigenvalue weighted by Crippen LogP contribution is -2.04. The molecule has 7 heteroatoms. The maximum atomic E-state index is 5.94. The van der Waals surface area contributed by atoms with E-state index in [-0.39, 0.29) is 11.9 Å². The van der Waals surface area contributed by atoms with Crippen LogP contribution in [-0.2, 0) is 0 Å². The number of aryl methyl sites for hydroxylation is 1. The number of nitrogens with zero attached hydrogens (tertiary/aromatic N) is 2. The van der Waals surface area contributed by atoms with Crippen molar-refractivity contribution in [3.8, 4) is 17.2 Å². The fourth-order valence-electron chi connectivity index (χ4n) is 2.55. The smallest absolute Gasteiger partial charge is 0.222 e. The first-order valence-corrected chi connectivity index (χ1v) is 7.78. The summed E-state index contributed by atoms with van der Waals surface area (Å²) in [6.45, 7) is 3.90. The molecule has 1 aromatic carbocycles. The van der Waals surface area contributed by atoms with Crippen LogP contribution in [0.15, 0.2) is 18.2 Å². The second kappa shape index (κ2) is 7.74. The van der Waals surface area contributed by atoms with Crippen molar-refractivity contribution in [3.05, 3.63) is 35.0 Å². The first-order chi connectivity index (χ1) is 11.9. The van der Waals surface area contributed by atoms with Crippen LogP contribution in [0.25, 0.3) is 6.08 Å². The van der Waals surface area contributed by atoms with E-state index in [1.165, 1.54) is 0 Å². The van der Waals surface area contributed by atoms with Gasteiger partial charge in [0, 0.05) is 5.56 Å². The Morgan fingerprint density at radius 1 is 1.00 bits per heavy atom. The molecule has 25 heavy (non-hydrogen) atoms. The number of ether oxygens (including phenoxy) is 3. The lowest BCUT2D eigenvalue weighted by Gasteiger charge is -2.16. The molecule has 0 fully saturated rings. The lowest BCUT2D eigenvalue weighted by atomic mass is 9.98. The second-order valence-corrected chi connectivity index (χ2v) is 5.57. The Labute approximate surface area is 147 Å². The van der Waals surface area contributed by atoms with Crippen molar-refractivity contribution in [2.75, 3.05) is 32.8 Å². The molecule has 134 valence electrons. The Hall–Kier alpha value is -2.96. The van der Waals surface area contributed by atoms with Gasteiger partial charge in [-0.1, -0.05) is 19.1 Å². The Morgan fingerprint density at radius 3 is 2.08 bits per heavy atom. The summed E-state index contributed by atoms with van der Waals surface area (Å²) in [6, 6.07) is 3.85. The van der Waals surface area contributed by atoms with Crippen LogP contribution in [0, 0.1) is 6.92 Å². The van der Waals surface area contributed by atoms with E-state index in [9.17, 15) is 0 Å². The first kappa shape index (κ1) is 18.4. The third-order valence-corrected chi connectivity index (χ3v) is 3.95. The predicted molar refractivity (Wildman–Crippen MR) is 99.1 cm³/mol. The molecule has 7 nitrogen and oxygen atoms in total. The molecule has 4 N–H and O–H groups in total. The Bertz CT molecular complexity index is 742. The molecule has 0 unspecified atom stereocenters. The van der Waals surface area contributed by atoms with Crippen molar-refractivity contribution in [2.45, 2.75) is 19.8 Å². The minimum Gasteiger partial charge on any atom is -0.493 e. The molecule has 0 amide bonds. The van der Waals surface area contributed by atoms with Gasteiger partial charge >= 0.3 is 0 Å². The van der Waals surface area contributed by atoms with Crippen LogP contribution in [0.1, 0.15) is 29.7 Å².